The average molecular weight is 355 g/mol. The summed E-state index contributed by atoms with van der Waals surface area (Å²) in [5.74, 6) is -0.347. The number of piperazine rings is 1. The minimum atomic E-state index is -0.300. The van der Waals surface area contributed by atoms with Gasteiger partial charge in [0, 0.05) is 31.9 Å². The number of carbonyl (C=O) groups excluding carboxylic acids is 1. The Hall–Kier alpha value is -2.24. The molecule has 2 aromatic carbocycles. The van der Waals surface area contributed by atoms with Crippen molar-refractivity contribution in [3.8, 4) is 0 Å². The summed E-state index contributed by atoms with van der Waals surface area (Å²) in [6, 6.07) is 16.4. The van der Waals surface area contributed by atoms with Gasteiger partial charge in [0.2, 0.25) is 5.91 Å². The molecule has 0 bridgehead atoms. The SMILES string of the molecule is O=C(CN1CCN(CCCc2ccccc2)CC1)Nc1ccc(F)cc1. The van der Waals surface area contributed by atoms with Crippen LogP contribution in [0.3, 0.4) is 0 Å². The molecule has 5 heteroatoms. The molecule has 26 heavy (non-hydrogen) atoms. The second kappa shape index (κ2) is 9.46. The Morgan fingerprint density at radius 1 is 0.923 bits per heavy atom. The van der Waals surface area contributed by atoms with Gasteiger partial charge in [-0.2, -0.15) is 0 Å². The minimum absolute atomic E-state index is 0.0471. The van der Waals surface area contributed by atoms with Crippen LogP contribution in [0.15, 0.2) is 54.6 Å². The normalized spacial score (nSPS) is 15.7. The summed E-state index contributed by atoms with van der Waals surface area (Å²) >= 11 is 0. The van der Waals surface area contributed by atoms with E-state index in [4.69, 9.17) is 0 Å². The second-order valence-corrected chi connectivity index (χ2v) is 6.76. The van der Waals surface area contributed by atoms with Crippen LogP contribution >= 0.6 is 0 Å². The van der Waals surface area contributed by atoms with E-state index in [2.05, 4.69) is 45.4 Å². The summed E-state index contributed by atoms with van der Waals surface area (Å²) in [5, 5.41) is 2.82. The molecule has 0 unspecified atom stereocenters. The van der Waals surface area contributed by atoms with E-state index in [0.29, 0.717) is 12.2 Å². The Kier molecular flexibility index (Phi) is 6.75. The summed E-state index contributed by atoms with van der Waals surface area (Å²) in [6.07, 6.45) is 2.27. The predicted octanol–water partition coefficient (Wildman–Crippen LogP) is 3.01. The number of carbonyl (C=O) groups is 1. The van der Waals surface area contributed by atoms with E-state index in [9.17, 15) is 9.18 Å². The third-order valence-electron chi connectivity index (χ3n) is 4.74. The molecule has 2 aromatic rings. The number of halogens is 1. The number of benzene rings is 2. The highest BCUT2D eigenvalue weighted by Gasteiger charge is 2.18. The van der Waals surface area contributed by atoms with Gasteiger partial charge >= 0.3 is 0 Å². The molecular weight excluding hydrogens is 329 g/mol. The van der Waals surface area contributed by atoms with Gasteiger partial charge in [-0.15, -0.1) is 0 Å². The van der Waals surface area contributed by atoms with Gasteiger partial charge in [-0.3, -0.25) is 9.69 Å². The van der Waals surface area contributed by atoms with Crippen LogP contribution < -0.4 is 5.32 Å². The maximum absolute atomic E-state index is 12.9. The van der Waals surface area contributed by atoms with Gasteiger partial charge in [-0.25, -0.2) is 4.39 Å². The maximum atomic E-state index is 12.9. The monoisotopic (exact) mass is 355 g/mol. The smallest absolute Gasteiger partial charge is 0.238 e. The van der Waals surface area contributed by atoms with Gasteiger partial charge in [0.15, 0.2) is 0 Å². The number of aryl methyl sites for hydroxylation is 1. The highest BCUT2D eigenvalue weighted by Crippen LogP contribution is 2.09. The van der Waals surface area contributed by atoms with Gasteiger partial charge in [-0.1, -0.05) is 30.3 Å². The number of hydrogen-bond acceptors (Lipinski definition) is 3. The Labute approximate surface area is 154 Å². The number of hydrogen-bond donors (Lipinski definition) is 1. The first-order chi connectivity index (χ1) is 12.7. The molecule has 1 aliphatic heterocycles. The quantitative estimate of drug-likeness (QED) is 0.829. The van der Waals surface area contributed by atoms with Gasteiger partial charge in [0.25, 0.3) is 0 Å². The van der Waals surface area contributed by atoms with Crippen LogP contribution in [-0.4, -0.2) is 55.0 Å². The van der Waals surface area contributed by atoms with Crippen molar-refractivity contribution in [3.63, 3.8) is 0 Å². The zero-order valence-corrected chi connectivity index (χ0v) is 15.0. The second-order valence-electron chi connectivity index (χ2n) is 6.76. The average Bonchev–Trinajstić information content (AvgIpc) is 2.66. The third kappa shape index (κ3) is 5.93. The first-order valence-corrected chi connectivity index (χ1v) is 9.23. The molecule has 0 aromatic heterocycles. The van der Waals surface area contributed by atoms with E-state index in [1.54, 1.807) is 12.1 Å². The maximum Gasteiger partial charge on any atom is 0.238 e. The molecule has 0 saturated carbocycles. The zero-order valence-electron chi connectivity index (χ0n) is 15.0. The van der Waals surface area contributed by atoms with Crippen molar-refractivity contribution >= 4 is 11.6 Å². The van der Waals surface area contributed by atoms with E-state index in [1.165, 1.54) is 17.7 Å². The van der Waals surface area contributed by atoms with Crippen molar-refractivity contribution in [2.24, 2.45) is 0 Å². The van der Waals surface area contributed by atoms with Gasteiger partial charge in [-0.05, 0) is 49.2 Å². The van der Waals surface area contributed by atoms with E-state index >= 15 is 0 Å². The molecule has 1 amide bonds. The fourth-order valence-electron chi connectivity index (χ4n) is 3.26. The van der Waals surface area contributed by atoms with Crippen molar-refractivity contribution in [3.05, 3.63) is 66.0 Å². The van der Waals surface area contributed by atoms with E-state index in [0.717, 1.165) is 45.6 Å². The number of anilines is 1. The molecule has 0 aliphatic carbocycles. The Bertz CT molecular complexity index is 682. The standard InChI is InChI=1S/C21H26FN3O/c22-19-8-10-20(11-9-19)23-21(26)17-25-15-13-24(14-16-25)12-4-7-18-5-2-1-3-6-18/h1-3,5-6,8-11H,4,7,12-17H2,(H,23,26). The predicted molar refractivity (Wildman–Crippen MR) is 103 cm³/mol. The number of nitrogens with one attached hydrogen (secondary N) is 1. The molecule has 0 spiro atoms. The van der Waals surface area contributed by atoms with Crippen LogP contribution in [0, 0.1) is 5.82 Å². The van der Waals surface area contributed by atoms with Crippen LogP contribution in [0.4, 0.5) is 10.1 Å². The van der Waals surface area contributed by atoms with Crippen LogP contribution in [0.1, 0.15) is 12.0 Å². The first kappa shape index (κ1) is 18.5. The van der Waals surface area contributed by atoms with Gasteiger partial charge < -0.3 is 10.2 Å². The van der Waals surface area contributed by atoms with Crippen molar-refractivity contribution in [1.29, 1.82) is 0 Å². The van der Waals surface area contributed by atoms with Crippen molar-refractivity contribution in [2.75, 3.05) is 44.6 Å². The fourth-order valence-corrected chi connectivity index (χ4v) is 3.26. The lowest BCUT2D eigenvalue weighted by Gasteiger charge is -2.34. The largest absolute Gasteiger partial charge is 0.325 e. The van der Waals surface area contributed by atoms with E-state index < -0.39 is 0 Å². The van der Waals surface area contributed by atoms with Gasteiger partial charge in [0.05, 0.1) is 6.54 Å². The number of nitrogens with zero attached hydrogens (tertiary/aromatic N) is 2. The molecule has 1 N–H and O–H groups in total. The van der Waals surface area contributed by atoms with Crippen LogP contribution in [0.5, 0.6) is 0 Å². The van der Waals surface area contributed by atoms with Gasteiger partial charge in [0.1, 0.15) is 5.82 Å². The Morgan fingerprint density at radius 2 is 1.58 bits per heavy atom. The lowest BCUT2D eigenvalue weighted by Crippen LogP contribution is -2.48. The topological polar surface area (TPSA) is 35.6 Å². The Balaban J connectivity index is 1.33. The third-order valence-corrected chi connectivity index (χ3v) is 4.74. The summed E-state index contributed by atoms with van der Waals surface area (Å²) in [4.78, 5) is 16.8. The fraction of sp³-hybridized carbons (Fsp3) is 0.381. The van der Waals surface area contributed by atoms with Crippen molar-refractivity contribution in [1.82, 2.24) is 9.80 Å². The summed E-state index contributed by atoms with van der Waals surface area (Å²) in [5.41, 5.74) is 2.03. The molecule has 0 radical (unpaired) electrons. The lowest BCUT2D eigenvalue weighted by atomic mass is 10.1. The molecule has 138 valence electrons. The first-order valence-electron chi connectivity index (χ1n) is 9.23. The highest BCUT2D eigenvalue weighted by molar-refractivity contribution is 5.92. The number of rotatable bonds is 7. The van der Waals surface area contributed by atoms with Crippen LogP contribution in [-0.2, 0) is 11.2 Å². The molecule has 3 rings (SSSR count). The summed E-state index contributed by atoms with van der Waals surface area (Å²) in [7, 11) is 0. The van der Waals surface area contributed by atoms with Crippen molar-refractivity contribution < 1.29 is 9.18 Å². The molecule has 0 atom stereocenters. The number of amides is 1. The van der Waals surface area contributed by atoms with Crippen LogP contribution in [0.2, 0.25) is 0 Å². The molecular formula is C21H26FN3O. The Morgan fingerprint density at radius 3 is 2.27 bits per heavy atom. The minimum Gasteiger partial charge on any atom is -0.325 e. The molecule has 1 fully saturated rings. The molecule has 1 aliphatic rings. The summed E-state index contributed by atoms with van der Waals surface area (Å²) < 4.78 is 12.9. The van der Waals surface area contributed by atoms with Crippen molar-refractivity contribution in [2.45, 2.75) is 12.8 Å². The molecule has 1 saturated heterocycles. The highest BCUT2D eigenvalue weighted by atomic mass is 19.1. The zero-order chi connectivity index (χ0) is 18.2. The lowest BCUT2D eigenvalue weighted by molar-refractivity contribution is -0.117. The summed E-state index contributed by atoms with van der Waals surface area (Å²) in [6.45, 7) is 5.29. The van der Waals surface area contributed by atoms with E-state index in [-0.39, 0.29) is 11.7 Å². The van der Waals surface area contributed by atoms with E-state index in [1.807, 2.05) is 0 Å². The van der Waals surface area contributed by atoms with Crippen LogP contribution in [0.25, 0.3) is 0 Å². The molecule has 4 nitrogen and oxygen atoms in total. The molecule has 1 heterocycles.